The number of hydrogen-bond acceptors (Lipinski definition) is 5. The van der Waals surface area contributed by atoms with Crippen molar-refractivity contribution in [1.29, 1.82) is 0 Å². The minimum atomic E-state index is -4.13. The Kier molecular flexibility index (Phi) is 3.97. The lowest BCUT2D eigenvalue weighted by atomic mass is 10.4. The first kappa shape index (κ1) is 12.4. The molecule has 0 radical (unpaired) electrons. The minimum absolute atomic E-state index is 0.105. The summed E-state index contributed by atoms with van der Waals surface area (Å²) in [5.74, 6) is -0.820. The van der Waals surface area contributed by atoms with Gasteiger partial charge in [0, 0.05) is 32.7 Å². The van der Waals surface area contributed by atoms with Crippen molar-refractivity contribution < 1.29 is 19.1 Å². The molecular weight excluding hydrogens is 233 g/mol. The predicted octanol–water partition coefficient (Wildman–Crippen LogP) is -1.36. The lowest BCUT2D eigenvalue weighted by molar-refractivity contribution is -0.114. The van der Waals surface area contributed by atoms with Crippen molar-refractivity contribution in [1.82, 2.24) is 15.3 Å². The highest BCUT2D eigenvalue weighted by molar-refractivity contribution is 7.52. The van der Waals surface area contributed by atoms with Gasteiger partial charge < -0.3 is 19.8 Å². The molecule has 0 saturated carbocycles. The van der Waals surface area contributed by atoms with E-state index in [4.69, 9.17) is 4.74 Å². The fourth-order valence-corrected chi connectivity index (χ4v) is 3.00. The molecule has 0 amide bonds. The largest absolute Gasteiger partial charge is 0.378 e. The standard InChI is InChI=1S/C8H18N3O4P/c12-16(13,14)8-7-15-6-5-11(8)10-3-1-9-2-4-10/h8-9H,1-7H2,(H2,12,13,14). The molecule has 1 atom stereocenters. The van der Waals surface area contributed by atoms with Crippen LogP contribution in [-0.4, -0.2) is 71.5 Å². The quantitative estimate of drug-likeness (QED) is 0.523. The van der Waals surface area contributed by atoms with E-state index in [0.717, 1.165) is 26.2 Å². The molecule has 0 bridgehead atoms. The number of nitrogens with zero attached hydrogens (tertiary/aromatic N) is 2. The van der Waals surface area contributed by atoms with Gasteiger partial charge >= 0.3 is 7.60 Å². The van der Waals surface area contributed by atoms with Gasteiger partial charge in [0.1, 0.15) is 5.78 Å². The third-order valence-electron chi connectivity index (χ3n) is 2.92. The first-order chi connectivity index (χ1) is 7.59. The summed E-state index contributed by atoms with van der Waals surface area (Å²) in [6.07, 6.45) is 0. The van der Waals surface area contributed by atoms with E-state index in [2.05, 4.69) is 5.32 Å². The van der Waals surface area contributed by atoms with Crippen molar-refractivity contribution >= 4 is 7.60 Å². The van der Waals surface area contributed by atoms with Crippen LogP contribution in [0.15, 0.2) is 0 Å². The summed E-state index contributed by atoms with van der Waals surface area (Å²) >= 11 is 0. The second-order valence-corrected chi connectivity index (χ2v) is 5.79. The van der Waals surface area contributed by atoms with E-state index in [1.807, 2.05) is 5.01 Å². The van der Waals surface area contributed by atoms with Crippen LogP contribution in [0.1, 0.15) is 0 Å². The molecule has 0 aromatic carbocycles. The lowest BCUT2D eigenvalue weighted by Crippen LogP contribution is -2.59. The van der Waals surface area contributed by atoms with Crippen LogP contribution in [0.3, 0.4) is 0 Å². The fourth-order valence-electron chi connectivity index (χ4n) is 2.09. The summed E-state index contributed by atoms with van der Waals surface area (Å²) in [5, 5.41) is 7.01. The maximum absolute atomic E-state index is 11.4. The number of hydrogen-bond donors (Lipinski definition) is 3. The van der Waals surface area contributed by atoms with Crippen molar-refractivity contribution in [3.05, 3.63) is 0 Å². The SMILES string of the molecule is O=P(O)(O)C1COCCN1N1CCNCC1. The molecule has 2 rings (SSSR count). The first-order valence-corrected chi connectivity index (χ1v) is 7.12. The number of morpholine rings is 1. The fraction of sp³-hybridized carbons (Fsp3) is 1.00. The molecule has 94 valence electrons. The highest BCUT2D eigenvalue weighted by Crippen LogP contribution is 2.44. The second-order valence-electron chi connectivity index (χ2n) is 4.01. The van der Waals surface area contributed by atoms with Crippen LogP contribution >= 0.6 is 7.60 Å². The van der Waals surface area contributed by atoms with Crippen LogP contribution in [-0.2, 0) is 9.30 Å². The molecule has 2 fully saturated rings. The molecule has 8 heteroatoms. The van der Waals surface area contributed by atoms with Gasteiger partial charge in [-0.1, -0.05) is 0 Å². The van der Waals surface area contributed by atoms with Crippen LogP contribution < -0.4 is 5.32 Å². The molecule has 3 N–H and O–H groups in total. The lowest BCUT2D eigenvalue weighted by Gasteiger charge is -2.44. The zero-order chi connectivity index (χ0) is 11.6. The molecular formula is C8H18N3O4P. The maximum Gasteiger partial charge on any atom is 0.346 e. The molecule has 7 nitrogen and oxygen atoms in total. The van der Waals surface area contributed by atoms with Crippen molar-refractivity contribution in [2.45, 2.75) is 5.78 Å². The van der Waals surface area contributed by atoms with Gasteiger partial charge in [-0.25, -0.2) is 10.0 Å². The summed E-state index contributed by atoms with van der Waals surface area (Å²) in [4.78, 5) is 18.6. The summed E-state index contributed by atoms with van der Waals surface area (Å²) < 4.78 is 16.5. The number of nitrogens with one attached hydrogen (secondary N) is 1. The Labute approximate surface area is 94.5 Å². The van der Waals surface area contributed by atoms with E-state index in [1.165, 1.54) is 0 Å². The van der Waals surface area contributed by atoms with Crippen LogP contribution in [0.5, 0.6) is 0 Å². The highest BCUT2D eigenvalue weighted by atomic mass is 31.2. The Bertz CT molecular complexity index is 278. The molecule has 2 aliphatic rings. The molecule has 0 aliphatic carbocycles. The number of ether oxygens (including phenoxy) is 1. The molecule has 0 aromatic rings. The van der Waals surface area contributed by atoms with E-state index >= 15 is 0 Å². The van der Waals surface area contributed by atoms with E-state index in [9.17, 15) is 14.4 Å². The average molecular weight is 251 g/mol. The molecule has 16 heavy (non-hydrogen) atoms. The molecule has 1 unspecified atom stereocenters. The molecule has 0 aromatic heterocycles. The molecule has 2 aliphatic heterocycles. The molecule has 0 spiro atoms. The number of rotatable bonds is 2. The number of piperazine rings is 1. The molecule has 2 heterocycles. The summed E-state index contributed by atoms with van der Waals surface area (Å²) in [6.45, 7) is 4.47. The average Bonchev–Trinajstić information content (AvgIpc) is 2.29. The van der Waals surface area contributed by atoms with Gasteiger partial charge in [-0.3, -0.25) is 4.57 Å². The normalized spacial score (nSPS) is 30.5. The van der Waals surface area contributed by atoms with Gasteiger partial charge in [-0.2, -0.15) is 0 Å². The maximum atomic E-state index is 11.4. The van der Waals surface area contributed by atoms with Crippen molar-refractivity contribution in [3.8, 4) is 0 Å². The highest BCUT2D eigenvalue weighted by Gasteiger charge is 2.39. The van der Waals surface area contributed by atoms with Crippen molar-refractivity contribution in [3.63, 3.8) is 0 Å². The monoisotopic (exact) mass is 251 g/mol. The second kappa shape index (κ2) is 5.10. The van der Waals surface area contributed by atoms with Crippen LogP contribution in [0, 0.1) is 0 Å². The zero-order valence-electron chi connectivity index (χ0n) is 9.08. The minimum Gasteiger partial charge on any atom is -0.378 e. The van der Waals surface area contributed by atoms with E-state index < -0.39 is 13.4 Å². The van der Waals surface area contributed by atoms with Gasteiger partial charge in [-0.05, 0) is 0 Å². The number of hydrazine groups is 1. The van der Waals surface area contributed by atoms with Crippen LogP contribution in [0.4, 0.5) is 0 Å². The topological polar surface area (TPSA) is 85.3 Å². The zero-order valence-corrected chi connectivity index (χ0v) is 9.97. The molecule has 2 saturated heterocycles. The summed E-state index contributed by atoms with van der Waals surface area (Å²) in [6, 6.07) is 0. The van der Waals surface area contributed by atoms with E-state index in [1.54, 1.807) is 5.01 Å². The third-order valence-corrected chi connectivity index (χ3v) is 4.11. The smallest absolute Gasteiger partial charge is 0.346 e. The van der Waals surface area contributed by atoms with Gasteiger partial charge in [-0.15, -0.1) is 0 Å². The summed E-state index contributed by atoms with van der Waals surface area (Å²) in [5.41, 5.74) is 0. The third kappa shape index (κ3) is 2.81. The van der Waals surface area contributed by atoms with E-state index in [0.29, 0.717) is 13.2 Å². The Morgan fingerprint density at radius 2 is 1.94 bits per heavy atom. The van der Waals surface area contributed by atoms with Crippen molar-refractivity contribution in [2.75, 3.05) is 45.9 Å². The Balaban J connectivity index is 2.06. The Hall–Kier alpha value is -0.0100. The van der Waals surface area contributed by atoms with Crippen LogP contribution in [0.2, 0.25) is 0 Å². The van der Waals surface area contributed by atoms with E-state index in [-0.39, 0.29) is 6.61 Å². The van der Waals surface area contributed by atoms with Gasteiger partial charge in [0.05, 0.1) is 13.2 Å². The van der Waals surface area contributed by atoms with Gasteiger partial charge in [0.15, 0.2) is 0 Å². The van der Waals surface area contributed by atoms with Gasteiger partial charge in [0.25, 0.3) is 0 Å². The van der Waals surface area contributed by atoms with Gasteiger partial charge in [0.2, 0.25) is 0 Å². The first-order valence-electron chi connectivity index (χ1n) is 5.44. The summed E-state index contributed by atoms with van der Waals surface area (Å²) in [7, 11) is -4.13. The van der Waals surface area contributed by atoms with Crippen LogP contribution in [0.25, 0.3) is 0 Å². The predicted molar refractivity (Wildman–Crippen MR) is 57.8 cm³/mol. The Morgan fingerprint density at radius 3 is 2.56 bits per heavy atom. The van der Waals surface area contributed by atoms with Crippen molar-refractivity contribution in [2.24, 2.45) is 0 Å². The Morgan fingerprint density at radius 1 is 1.25 bits per heavy atom.